The molecule has 2 heterocycles. The van der Waals surface area contributed by atoms with Crippen molar-refractivity contribution in [2.24, 2.45) is 7.05 Å². The fourth-order valence-corrected chi connectivity index (χ4v) is 3.63. The number of thioether (sulfide) groups is 1. The molecule has 27 heavy (non-hydrogen) atoms. The highest BCUT2D eigenvalue weighted by molar-refractivity contribution is 8.00. The van der Waals surface area contributed by atoms with Crippen LogP contribution in [0, 0.1) is 0 Å². The number of carbonyl (C=O) groups excluding carboxylic acids is 1. The van der Waals surface area contributed by atoms with Gasteiger partial charge in [-0.3, -0.25) is 4.79 Å². The number of carbonyl (C=O) groups is 1. The Morgan fingerprint density at radius 3 is 2.74 bits per heavy atom. The molecule has 4 rings (SSSR count). The van der Waals surface area contributed by atoms with Gasteiger partial charge < -0.3 is 14.3 Å². The van der Waals surface area contributed by atoms with Crippen LogP contribution >= 0.6 is 11.8 Å². The first-order valence-corrected chi connectivity index (χ1v) is 9.40. The first-order chi connectivity index (χ1) is 13.1. The number of furan rings is 1. The van der Waals surface area contributed by atoms with E-state index in [0.717, 1.165) is 16.5 Å². The molecular weight excluding hydrogens is 360 g/mol. The molecular formula is C20H18N4O2S. The third kappa shape index (κ3) is 3.46. The van der Waals surface area contributed by atoms with Gasteiger partial charge in [-0.05, 0) is 30.5 Å². The quantitative estimate of drug-likeness (QED) is 0.523. The van der Waals surface area contributed by atoms with Crippen LogP contribution in [0.25, 0.3) is 22.4 Å². The van der Waals surface area contributed by atoms with Crippen molar-refractivity contribution in [1.29, 1.82) is 0 Å². The van der Waals surface area contributed by atoms with E-state index in [1.54, 1.807) is 12.3 Å². The van der Waals surface area contributed by atoms with Gasteiger partial charge in [-0.25, -0.2) is 0 Å². The van der Waals surface area contributed by atoms with Gasteiger partial charge in [0, 0.05) is 18.1 Å². The second-order valence-corrected chi connectivity index (χ2v) is 7.43. The molecule has 0 spiro atoms. The van der Waals surface area contributed by atoms with Gasteiger partial charge in [0.05, 0.1) is 11.5 Å². The van der Waals surface area contributed by atoms with Crippen molar-refractivity contribution < 1.29 is 9.21 Å². The average molecular weight is 378 g/mol. The van der Waals surface area contributed by atoms with Crippen molar-refractivity contribution >= 4 is 34.1 Å². The monoisotopic (exact) mass is 378 g/mol. The maximum Gasteiger partial charge on any atom is 0.237 e. The summed E-state index contributed by atoms with van der Waals surface area (Å²) in [5.74, 6) is 1.19. The number of fused-ring (bicyclic) bond motifs is 1. The predicted octanol–water partition coefficient (Wildman–Crippen LogP) is 4.35. The number of rotatable bonds is 5. The Hall–Kier alpha value is -3.06. The summed E-state index contributed by atoms with van der Waals surface area (Å²) in [6.45, 7) is 1.85. The highest BCUT2D eigenvalue weighted by Crippen LogP contribution is 2.28. The molecule has 7 heteroatoms. The van der Waals surface area contributed by atoms with E-state index in [-0.39, 0.29) is 11.2 Å². The molecule has 0 radical (unpaired) electrons. The number of aromatic nitrogens is 3. The van der Waals surface area contributed by atoms with Gasteiger partial charge in [0.2, 0.25) is 5.91 Å². The molecule has 2 aromatic carbocycles. The lowest BCUT2D eigenvalue weighted by Gasteiger charge is -2.13. The molecule has 0 aliphatic rings. The van der Waals surface area contributed by atoms with Gasteiger partial charge in [-0.2, -0.15) is 0 Å². The van der Waals surface area contributed by atoms with Crippen LogP contribution in [0.3, 0.4) is 0 Å². The van der Waals surface area contributed by atoms with Crippen molar-refractivity contribution in [1.82, 2.24) is 14.8 Å². The number of hydrogen-bond acceptors (Lipinski definition) is 5. The molecule has 1 N–H and O–H groups in total. The van der Waals surface area contributed by atoms with Crippen LogP contribution in [0.5, 0.6) is 0 Å². The van der Waals surface area contributed by atoms with E-state index in [9.17, 15) is 4.79 Å². The first-order valence-electron chi connectivity index (χ1n) is 8.52. The number of benzene rings is 2. The van der Waals surface area contributed by atoms with E-state index in [4.69, 9.17) is 4.42 Å². The van der Waals surface area contributed by atoms with Gasteiger partial charge in [0.1, 0.15) is 0 Å². The largest absolute Gasteiger partial charge is 0.461 e. The Labute approximate surface area is 160 Å². The van der Waals surface area contributed by atoms with Crippen LogP contribution in [-0.4, -0.2) is 25.9 Å². The maximum atomic E-state index is 12.7. The Morgan fingerprint density at radius 2 is 1.93 bits per heavy atom. The summed E-state index contributed by atoms with van der Waals surface area (Å²) in [6, 6.07) is 17.5. The smallest absolute Gasteiger partial charge is 0.237 e. The molecule has 1 amide bonds. The first kappa shape index (κ1) is 17.4. The van der Waals surface area contributed by atoms with E-state index < -0.39 is 0 Å². The summed E-state index contributed by atoms with van der Waals surface area (Å²) in [5.41, 5.74) is 0.805. The van der Waals surface area contributed by atoms with Gasteiger partial charge in [-0.1, -0.05) is 48.2 Å². The summed E-state index contributed by atoms with van der Waals surface area (Å²) >= 11 is 1.36. The fraction of sp³-hybridized carbons (Fsp3) is 0.150. The van der Waals surface area contributed by atoms with Crippen LogP contribution < -0.4 is 5.32 Å². The molecule has 0 fully saturated rings. The van der Waals surface area contributed by atoms with Crippen molar-refractivity contribution in [2.45, 2.75) is 17.3 Å². The minimum absolute atomic E-state index is 0.0844. The van der Waals surface area contributed by atoms with E-state index in [0.29, 0.717) is 16.7 Å². The summed E-state index contributed by atoms with van der Waals surface area (Å²) < 4.78 is 7.20. The summed E-state index contributed by atoms with van der Waals surface area (Å²) in [4.78, 5) is 12.7. The highest BCUT2D eigenvalue weighted by atomic mass is 32.2. The number of hydrogen-bond donors (Lipinski definition) is 1. The standard InChI is InChI=1S/C20H18N4O2S/c1-13(27-20-23-22-18(24(20)2)17-11-6-12-26-17)19(25)21-16-10-5-8-14-7-3-4-9-15(14)16/h3-13H,1-2H3,(H,21,25). The van der Waals surface area contributed by atoms with Crippen molar-refractivity contribution in [3.8, 4) is 11.6 Å². The van der Waals surface area contributed by atoms with Crippen molar-refractivity contribution in [3.05, 3.63) is 60.9 Å². The van der Waals surface area contributed by atoms with Gasteiger partial charge in [-0.15, -0.1) is 10.2 Å². The van der Waals surface area contributed by atoms with Crippen molar-refractivity contribution in [2.75, 3.05) is 5.32 Å². The molecule has 1 atom stereocenters. The van der Waals surface area contributed by atoms with Gasteiger partial charge in [0.25, 0.3) is 0 Å². The Morgan fingerprint density at radius 1 is 1.11 bits per heavy atom. The second-order valence-electron chi connectivity index (χ2n) is 6.12. The van der Waals surface area contributed by atoms with Crippen LogP contribution in [0.1, 0.15) is 6.92 Å². The summed E-state index contributed by atoms with van der Waals surface area (Å²) in [7, 11) is 1.86. The second kappa shape index (κ2) is 7.28. The fourth-order valence-electron chi connectivity index (χ4n) is 2.82. The van der Waals surface area contributed by atoms with Crippen molar-refractivity contribution in [3.63, 3.8) is 0 Å². The minimum Gasteiger partial charge on any atom is -0.461 e. The zero-order valence-electron chi connectivity index (χ0n) is 14.9. The van der Waals surface area contributed by atoms with Gasteiger partial charge >= 0.3 is 0 Å². The lowest BCUT2D eigenvalue weighted by molar-refractivity contribution is -0.115. The van der Waals surface area contributed by atoms with Crippen LogP contribution in [0.15, 0.2) is 70.4 Å². The van der Waals surface area contributed by atoms with E-state index in [2.05, 4.69) is 15.5 Å². The van der Waals surface area contributed by atoms with Crippen LogP contribution in [-0.2, 0) is 11.8 Å². The Bertz CT molecular complexity index is 1080. The zero-order chi connectivity index (χ0) is 18.8. The molecule has 6 nitrogen and oxygen atoms in total. The molecule has 0 aliphatic heterocycles. The highest BCUT2D eigenvalue weighted by Gasteiger charge is 2.20. The molecule has 0 saturated heterocycles. The summed E-state index contributed by atoms with van der Waals surface area (Å²) in [6.07, 6.45) is 1.59. The molecule has 0 bridgehead atoms. The Balaban J connectivity index is 1.50. The third-order valence-electron chi connectivity index (χ3n) is 4.28. The third-order valence-corrected chi connectivity index (χ3v) is 5.41. The molecule has 136 valence electrons. The topological polar surface area (TPSA) is 73.0 Å². The average Bonchev–Trinajstić information content (AvgIpc) is 3.32. The van der Waals surface area contributed by atoms with Crippen LogP contribution in [0.2, 0.25) is 0 Å². The number of nitrogens with zero attached hydrogens (tertiary/aromatic N) is 3. The molecule has 0 saturated carbocycles. The Kier molecular flexibility index (Phi) is 4.68. The van der Waals surface area contributed by atoms with E-state index in [1.165, 1.54) is 11.8 Å². The molecule has 0 aliphatic carbocycles. The number of amides is 1. The number of anilines is 1. The normalized spacial score (nSPS) is 12.2. The lowest BCUT2D eigenvalue weighted by atomic mass is 10.1. The molecule has 4 aromatic rings. The number of nitrogens with one attached hydrogen (secondary N) is 1. The summed E-state index contributed by atoms with van der Waals surface area (Å²) in [5, 5.41) is 13.8. The van der Waals surface area contributed by atoms with Gasteiger partial charge in [0.15, 0.2) is 16.7 Å². The predicted molar refractivity (Wildman–Crippen MR) is 107 cm³/mol. The lowest BCUT2D eigenvalue weighted by Crippen LogP contribution is -2.23. The SMILES string of the molecule is CC(Sc1nnc(-c2ccco2)n1C)C(=O)Nc1cccc2ccccc12. The molecule has 2 aromatic heterocycles. The zero-order valence-corrected chi connectivity index (χ0v) is 15.7. The van der Waals surface area contributed by atoms with E-state index in [1.807, 2.05) is 67.1 Å². The molecule has 1 unspecified atom stereocenters. The maximum absolute atomic E-state index is 12.7. The van der Waals surface area contributed by atoms with Crippen LogP contribution in [0.4, 0.5) is 5.69 Å². The minimum atomic E-state index is -0.337. The van der Waals surface area contributed by atoms with E-state index >= 15 is 0 Å².